The number of hydrogen-bond donors (Lipinski definition) is 0. The molecule has 33 heavy (non-hydrogen) atoms. The number of rotatable bonds is 3. The maximum absolute atomic E-state index is 13.0. The van der Waals surface area contributed by atoms with E-state index in [0.717, 1.165) is 17.7 Å². The highest BCUT2D eigenvalue weighted by atomic mass is 16.6. The average Bonchev–Trinajstić information content (AvgIpc) is 3.32. The number of pyridine rings is 1. The van der Waals surface area contributed by atoms with Crippen LogP contribution in [0.1, 0.15) is 66.8 Å². The molecule has 0 saturated heterocycles. The van der Waals surface area contributed by atoms with Crippen molar-refractivity contribution in [3.05, 3.63) is 18.6 Å². The summed E-state index contributed by atoms with van der Waals surface area (Å²) in [5.41, 5.74) is -0.627. The van der Waals surface area contributed by atoms with E-state index in [-0.39, 0.29) is 23.7 Å². The normalized spacial score (nSPS) is 18.8. The number of amides is 2. The lowest BCUT2D eigenvalue weighted by Crippen LogP contribution is -2.44. The van der Waals surface area contributed by atoms with Gasteiger partial charge in [-0.2, -0.15) is 4.90 Å². The molecule has 0 N–H and O–H groups in total. The van der Waals surface area contributed by atoms with Gasteiger partial charge in [-0.15, -0.1) is 0 Å². The van der Waals surface area contributed by atoms with Gasteiger partial charge >= 0.3 is 18.2 Å². The molecule has 2 heterocycles. The molecule has 0 bridgehead atoms. The van der Waals surface area contributed by atoms with Crippen LogP contribution in [0.5, 0.6) is 0 Å². The van der Waals surface area contributed by atoms with Gasteiger partial charge in [-0.05, 0) is 66.9 Å². The molecule has 0 radical (unpaired) electrons. The molecule has 2 aromatic heterocycles. The number of carbonyl (C=O) groups is 3. The summed E-state index contributed by atoms with van der Waals surface area (Å²) in [5.74, 6) is -0.360. The fraction of sp³-hybridized carbons (Fsp3) is 0.609. The van der Waals surface area contributed by atoms with Crippen molar-refractivity contribution >= 4 is 35.0 Å². The lowest BCUT2D eigenvalue weighted by molar-refractivity contribution is -0.145. The predicted molar refractivity (Wildman–Crippen MR) is 121 cm³/mol. The Hall–Kier alpha value is -3.17. The Morgan fingerprint density at radius 3 is 2.15 bits per heavy atom. The Morgan fingerprint density at radius 2 is 1.61 bits per heavy atom. The summed E-state index contributed by atoms with van der Waals surface area (Å²) in [4.78, 5) is 47.5. The van der Waals surface area contributed by atoms with E-state index >= 15 is 0 Å². The summed E-state index contributed by atoms with van der Waals surface area (Å²) in [5, 5.41) is 0. The van der Waals surface area contributed by atoms with Crippen LogP contribution in [0.2, 0.25) is 0 Å². The van der Waals surface area contributed by atoms with Gasteiger partial charge in [-0.3, -0.25) is 4.79 Å². The Morgan fingerprint density at radius 1 is 1.00 bits per heavy atom. The lowest BCUT2D eigenvalue weighted by atomic mass is 10.1. The third-order valence-corrected chi connectivity index (χ3v) is 5.17. The van der Waals surface area contributed by atoms with E-state index in [9.17, 15) is 14.4 Å². The lowest BCUT2D eigenvalue weighted by Gasteiger charge is -2.28. The Labute approximate surface area is 193 Å². The van der Waals surface area contributed by atoms with Gasteiger partial charge in [0.25, 0.3) is 0 Å². The number of nitrogens with zero attached hydrogens (tertiary/aromatic N) is 4. The first-order valence-corrected chi connectivity index (χ1v) is 11.0. The fourth-order valence-corrected chi connectivity index (χ4v) is 3.86. The van der Waals surface area contributed by atoms with Crippen molar-refractivity contribution in [3.63, 3.8) is 0 Å². The fourth-order valence-electron chi connectivity index (χ4n) is 3.86. The molecule has 3 rings (SSSR count). The van der Waals surface area contributed by atoms with Crippen molar-refractivity contribution in [3.8, 4) is 0 Å². The zero-order valence-corrected chi connectivity index (χ0v) is 20.2. The van der Waals surface area contributed by atoms with E-state index in [0.29, 0.717) is 17.5 Å². The summed E-state index contributed by atoms with van der Waals surface area (Å²) in [7, 11) is 1.39. The molecule has 0 aliphatic heterocycles. The summed E-state index contributed by atoms with van der Waals surface area (Å²) >= 11 is 0. The van der Waals surface area contributed by atoms with E-state index in [4.69, 9.17) is 14.2 Å². The van der Waals surface area contributed by atoms with Crippen molar-refractivity contribution in [2.45, 2.75) is 78.0 Å². The molecular weight excluding hydrogens is 428 g/mol. The van der Waals surface area contributed by atoms with Gasteiger partial charge < -0.3 is 18.8 Å². The molecular formula is C23H32N4O6. The zero-order chi connectivity index (χ0) is 24.6. The molecule has 1 aliphatic carbocycles. The predicted octanol–water partition coefficient (Wildman–Crippen LogP) is 4.62. The van der Waals surface area contributed by atoms with E-state index in [2.05, 4.69) is 9.97 Å². The highest BCUT2D eigenvalue weighted by Crippen LogP contribution is 2.38. The van der Waals surface area contributed by atoms with Crippen LogP contribution in [0, 0.1) is 5.92 Å². The van der Waals surface area contributed by atoms with Crippen LogP contribution in [-0.2, 0) is 19.0 Å². The molecule has 10 heteroatoms. The summed E-state index contributed by atoms with van der Waals surface area (Å²) < 4.78 is 17.8. The van der Waals surface area contributed by atoms with E-state index < -0.39 is 23.4 Å². The maximum atomic E-state index is 13.0. The van der Waals surface area contributed by atoms with Gasteiger partial charge in [0, 0.05) is 12.2 Å². The number of methoxy groups -OCH3 is 1. The Kier molecular flexibility index (Phi) is 6.67. The van der Waals surface area contributed by atoms with Crippen LogP contribution in [-0.4, -0.2) is 51.0 Å². The van der Waals surface area contributed by atoms with Crippen LogP contribution in [0.15, 0.2) is 18.6 Å². The number of aromatic nitrogens is 3. The number of imidazole rings is 1. The number of imide groups is 1. The topological polar surface area (TPSA) is 113 Å². The number of carbonyl (C=O) groups excluding carboxylic acids is 3. The molecule has 0 spiro atoms. The highest BCUT2D eigenvalue weighted by molar-refractivity contribution is 6.12. The molecule has 0 unspecified atom stereocenters. The number of esters is 1. The number of hydrogen-bond acceptors (Lipinski definition) is 8. The first kappa shape index (κ1) is 24.5. The standard InChI is InChI=1S/C23H32N4O6/c1-22(2,3)32-20(29)27(21(30)33-23(4,5)6)18-17-16(10-11-24-18)26(13-25-17)15-9-8-14(12-15)19(28)31-7/h10-11,13-15H,8-9,12H2,1-7H3/t14-,15-/m1/s1. The van der Waals surface area contributed by atoms with Crippen molar-refractivity contribution in [1.29, 1.82) is 0 Å². The maximum Gasteiger partial charge on any atom is 0.425 e. The third-order valence-electron chi connectivity index (χ3n) is 5.17. The Bertz CT molecular complexity index is 1020. The van der Waals surface area contributed by atoms with Gasteiger partial charge in [0.2, 0.25) is 0 Å². The molecule has 2 aromatic rings. The molecule has 0 aromatic carbocycles. The third kappa shape index (κ3) is 5.61. The molecule has 1 saturated carbocycles. The number of anilines is 1. The van der Waals surface area contributed by atoms with Crippen LogP contribution < -0.4 is 4.90 Å². The SMILES string of the molecule is COC(=O)[C@@H]1CC[C@@H](n2cnc3c(N(C(=O)OC(C)(C)C)C(=O)OC(C)(C)C)nccc32)C1. The number of fused-ring (bicyclic) bond motifs is 1. The minimum Gasteiger partial charge on any atom is -0.469 e. The molecule has 1 fully saturated rings. The van der Waals surface area contributed by atoms with Crippen molar-refractivity contribution in [2.24, 2.45) is 5.92 Å². The van der Waals surface area contributed by atoms with E-state index in [1.807, 2.05) is 4.57 Å². The minimum absolute atomic E-state index is 0.0252. The first-order chi connectivity index (χ1) is 15.3. The summed E-state index contributed by atoms with van der Waals surface area (Å²) in [6.45, 7) is 10.2. The highest BCUT2D eigenvalue weighted by Gasteiger charge is 2.36. The molecule has 1 aliphatic rings. The van der Waals surface area contributed by atoms with Crippen LogP contribution >= 0.6 is 0 Å². The first-order valence-electron chi connectivity index (χ1n) is 11.0. The van der Waals surface area contributed by atoms with Crippen molar-refractivity contribution in [2.75, 3.05) is 12.0 Å². The molecule has 10 nitrogen and oxygen atoms in total. The van der Waals surface area contributed by atoms with E-state index in [1.54, 1.807) is 53.9 Å². The van der Waals surface area contributed by atoms with E-state index in [1.165, 1.54) is 13.3 Å². The smallest absolute Gasteiger partial charge is 0.425 e. The van der Waals surface area contributed by atoms with Gasteiger partial charge in [0.05, 0.1) is 24.9 Å². The molecule has 2 atom stereocenters. The van der Waals surface area contributed by atoms with Crippen LogP contribution in [0.3, 0.4) is 0 Å². The second kappa shape index (κ2) is 8.99. The zero-order valence-electron chi connectivity index (χ0n) is 20.2. The largest absolute Gasteiger partial charge is 0.469 e. The van der Waals surface area contributed by atoms with Gasteiger partial charge in [0.1, 0.15) is 16.7 Å². The molecule has 2 amide bonds. The van der Waals surface area contributed by atoms with Gasteiger partial charge in [0.15, 0.2) is 5.82 Å². The number of ether oxygens (including phenoxy) is 3. The quantitative estimate of drug-likeness (QED) is 0.481. The van der Waals surface area contributed by atoms with Crippen LogP contribution in [0.4, 0.5) is 15.4 Å². The monoisotopic (exact) mass is 460 g/mol. The second-order valence-electron chi connectivity index (χ2n) is 10.1. The minimum atomic E-state index is -0.905. The van der Waals surface area contributed by atoms with Crippen LogP contribution in [0.25, 0.3) is 11.0 Å². The summed E-state index contributed by atoms with van der Waals surface area (Å²) in [6.07, 6.45) is 3.46. The van der Waals surface area contributed by atoms with Gasteiger partial charge in [-0.1, -0.05) is 0 Å². The van der Waals surface area contributed by atoms with Crippen molar-refractivity contribution < 1.29 is 28.6 Å². The second-order valence-corrected chi connectivity index (χ2v) is 10.1. The Balaban J connectivity index is 2.01. The van der Waals surface area contributed by atoms with Gasteiger partial charge in [-0.25, -0.2) is 19.6 Å². The summed E-state index contributed by atoms with van der Waals surface area (Å²) in [6, 6.07) is 1.80. The molecule has 180 valence electrons. The average molecular weight is 461 g/mol. The van der Waals surface area contributed by atoms with Crippen molar-refractivity contribution in [1.82, 2.24) is 14.5 Å².